The molecule has 0 bridgehead atoms. The van der Waals surface area contributed by atoms with E-state index in [2.05, 4.69) is 52.0 Å². The van der Waals surface area contributed by atoms with Crippen LogP contribution in [0.2, 0.25) is 0 Å². The van der Waals surface area contributed by atoms with Crippen LogP contribution in [0, 0.1) is 11.3 Å². The molecule has 0 radical (unpaired) electrons. The third kappa shape index (κ3) is 5.12. The van der Waals surface area contributed by atoms with Crippen molar-refractivity contribution in [1.29, 1.82) is 5.26 Å². The summed E-state index contributed by atoms with van der Waals surface area (Å²) in [5, 5.41) is 8.99. The normalized spacial score (nSPS) is 10.3. The SMILES string of the molecule is CCN(Cc1cc(Br)ccc1OCc1ccccc1)c1ccc(C#N)cc1. The molecule has 3 aromatic rings. The van der Waals surface area contributed by atoms with Gasteiger partial charge in [0.15, 0.2) is 0 Å². The summed E-state index contributed by atoms with van der Waals surface area (Å²) in [6.07, 6.45) is 0. The summed E-state index contributed by atoms with van der Waals surface area (Å²) in [4.78, 5) is 2.26. The largest absolute Gasteiger partial charge is 0.489 e. The van der Waals surface area contributed by atoms with Gasteiger partial charge in [-0.1, -0.05) is 46.3 Å². The van der Waals surface area contributed by atoms with Crippen LogP contribution < -0.4 is 9.64 Å². The lowest BCUT2D eigenvalue weighted by Gasteiger charge is -2.24. The van der Waals surface area contributed by atoms with Gasteiger partial charge in [-0.15, -0.1) is 0 Å². The first kappa shape index (κ1) is 19.0. The van der Waals surface area contributed by atoms with E-state index >= 15 is 0 Å². The number of hydrogen-bond acceptors (Lipinski definition) is 3. The zero-order valence-electron chi connectivity index (χ0n) is 15.2. The predicted molar refractivity (Wildman–Crippen MR) is 113 cm³/mol. The minimum Gasteiger partial charge on any atom is -0.489 e. The Labute approximate surface area is 169 Å². The van der Waals surface area contributed by atoms with E-state index in [4.69, 9.17) is 10.00 Å². The number of anilines is 1. The van der Waals surface area contributed by atoms with E-state index in [1.54, 1.807) is 0 Å². The molecule has 3 aromatic carbocycles. The average molecular weight is 421 g/mol. The molecular formula is C23H21BrN2O. The molecule has 0 unspecified atom stereocenters. The van der Waals surface area contributed by atoms with Crippen molar-refractivity contribution >= 4 is 21.6 Å². The first-order chi connectivity index (χ1) is 13.2. The fourth-order valence-corrected chi connectivity index (χ4v) is 3.29. The molecule has 0 aliphatic carbocycles. The van der Waals surface area contributed by atoms with Crippen LogP contribution in [-0.2, 0) is 13.2 Å². The molecule has 27 heavy (non-hydrogen) atoms. The van der Waals surface area contributed by atoms with Crippen molar-refractivity contribution in [3.63, 3.8) is 0 Å². The highest BCUT2D eigenvalue weighted by atomic mass is 79.9. The van der Waals surface area contributed by atoms with Gasteiger partial charge in [-0.2, -0.15) is 5.26 Å². The monoisotopic (exact) mass is 420 g/mol. The summed E-state index contributed by atoms with van der Waals surface area (Å²) < 4.78 is 7.13. The molecular weight excluding hydrogens is 400 g/mol. The van der Waals surface area contributed by atoms with Crippen LogP contribution in [0.1, 0.15) is 23.6 Å². The van der Waals surface area contributed by atoms with Crippen LogP contribution in [-0.4, -0.2) is 6.54 Å². The zero-order chi connectivity index (χ0) is 19.1. The summed E-state index contributed by atoms with van der Waals surface area (Å²) in [5.41, 5.74) is 4.02. The van der Waals surface area contributed by atoms with Crippen molar-refractivity contribution in [2.75, 3.05) is 11.4 Å². The van der Waals surface area contributed by atoms with E-state index < -0.39 is 0 Å². The van der Waals surface area contributed by atoms with E-state index in [9.17, 15) is 0 Å². The quantitative estimate of drug-likeness (QED) is 0.475. The Bertz CT molecular complexity index is 917. The molecule has 3 nitrogen and oxygen atoms in total. The molecule has 0 heterocycles. The Morgan fingerprint density at radius 1 is 1.00 bits per heavy atom. The minimum absolute atomic E-state index is 0.540. The van der Waals surface area contributed by atoms with Crippen LogP contribution >= 0.6 is 15.9 Å². The number of rotatable bonds is 7. The number of ether oxygens (including phenoxy) is 1. The van der Waals surface area contributed by atoms with E-state index in [-0.39, 0.29) is 0 Å². The molecule has 0 N–H and O–H groups in total. The summed E-state index contributed by atoms with van der Waals surface area (Å²) in [6.45, 7) is 4.25. The minimum atomic E-state index is 0.540. The second kappa shape index (κ2) is 9.25. The van der Waals surface area contributed by atoms with Crippen molar-refractivity contribution in [2.24, 2.45) is 0 Å². The van der Waals surface area contributed by atoms with Gasteiger partial charge < -0.3 is 9.64 Å². The molecule has 3 rings (SSSR count). The topological polar surface area (TPSA) is 36.3 Å². The second-order valence-corrected chi connectivity index (χ2v) is 7.11. The van der Waals surface area contributed by atoms with Crippen molar-refractivity contribution in [1.82, 2.24) is 0 Å². The molecule has 0 fully saturated rings. The van der Waals surface area contributed by atoms with Crippen LogP contribution in [0.3, 0.4) is 0 Å². The zero-order valence-corrected chi connectivity index (χ0v) is 16.8. The van der Waals surface area contributed by atoms with E-state index in [0.717, 1.165) is 40.1 Å². The molecule has 0 aliphatic heterocycles. The van der Waals surface area contributed by atoms with Crippen LogP contribution in [0.25, 0.3) is 0 Å². The summed E-state index contributed by atoms with van der Waals surface area (Å²) in [7, 11) is 0. The Morgan fingerprint density at radius 2 is 1.74 bits per heavy atom. The van der Waals surface area contributed by atoms with Gasteiger partial charge in [-0.05, 0) is 55.0 Å². The highest BCUT2D eigenvalue weighted by molar-refractivity contribution is 9.10. The van der Waals surface area contributed by atoms with Gasteiger partial charge in [0.05, 0.1) is 11.6 Å². The summed E-state index contributed by atoms with van der Waals surface area (Å²) >= 11 is 3.57. The number of nitriles is 1. The Morgan fingerprint density at radius 3 is 2.41 bits per heavy atom. The summed E-state index contributed by atoms with van der Waals surface area (Å²) in [6, 6.07) is 26.1. The lowest BCUT2D eigenvalue weighted by molar-refractivity contribution is 0.302. The van der Waals surface area contributed by atoms with Gasteiger partial charge in [0.25, 0.3) is 0 Å². The second-order valence-electron chi connectivity index (χ2n) is 6.20. The van der Waals surface area contributed by atoms with Crippen molar-refractivity contribution in [3.8, 4) is 11.8 Å². The van der Waals surface area contributed by atoms with Crippen molar-refractivity contribution in [3.05, 3.63) is 94.0 Å². The Hall–Kier alpha value is -2.77. The van der Waals surface area contributed by atoms with Crippen LogP contribution in [0.4, 0.5) is 5.69 Å². The van der Waals surface area contributed by atoms with Crippen molar-refractivity contribution < 1.29 is 4.74 Å². The molecule has 4 heteroatoms. The van der Waals surface area contributed by atoms with Gasteiger partial charge >= 0.3 is 0 Å². The number of halogens is 1. The van der Waals surface area contributed by atoms with Gasteiger partial charge in [0.1, 0.15) is 12.4 Å². The lowest BCUT2D eigenvalue weighted by Crippen LogP contribution is -2.22. The number of hydrogen-bond donors (Lipinski definition) is 0. The molecule has 0 spiro atoms. The fourth-order valence-electron chi connectivity index (χ4n) is 2.89. The van der Waals surface area contributed by atoms with Gasteiger partial charge in [0.2, 0.25) is 0 Å². The first-order valence-electron chi connectivity index (χ1n) is 8.90. The molecule has 0 saturated carbocycles. The van der Waals surface area contributed by atoms with Gasteiger partial charge in [-0.25, -0.2) is 0 Å². The maximum atomic E-state index is 8.99. The van der Waals surface area contributed by atoms with E-state index in [1.165, 1.54) is 0 Å². The van der Waals surface area contributed by atoms with E-state index in [0.29, 0.717) is 12.2 Å². The fraction of sp³-hybridized carbons (Fsp3) is 0.174. The maximum Gasteiger partial charge on any atom is 0.124 e. The maximum absolute atomic E-state index is 8.99. The van der Waals surface area contributed by atoms with Crippen LogP contribution in [0.15, 0.2) is 77.3 Å². The molecule has 0 aliphatic rings. The standard InChI is InChI=1S/C23H21BrN2O/c1-2-26(22-11-8-18(15-25)9-12-22)16-20-14-21(24)10-13-23(20)27-17-19-6-4-3-5-7-19/h3-14H,2,16-17H2,1H3. The third-order valence-corrected chi connectivity index (χ3v) is 4.86. The third-order valence-electron chi connectivity index (χ3n) is 4.36. The van der Waals surface area contributed by atoms with E-state index in [1.807, 2.05) is 54.6 Å². The Kier molecular flexibility index (Phi) is 6.51. The smallest absolute Gasteiger partial charge is 0.124 e. The molecule has 0 saturated heterocycles. The highest BCUT2D eigenvalue weighted by Gasteiger charge is 2.11. The Balaban J connectivity index is 1.79. The first-order valence-corrected chi connectivity index (χ1v) is 9.69. The molecule has 0 atom stereocenters. The molecule has 136 valence electrons. The number of benzene rings is 3. The molecule has 0 aromatic heterocycles. The average Bonchev–Trinajstić information content (AvgIpc) is 2.72. The summed E-state index contributed by atoms with van der Waals surface area (Å²) in [5.74, 6) is 0.883. The number of nitrogens with zero attached hydrogens (tertiary/aromatic N) is 2. The van der Waals surface area contributed by atoms with Gasteiger partial charge in [-0.3, -0.25) is 0 Å². The lowest BCUT2D eigenvalue weighted by atomic mass is 10.1. The highest BCUT2D eigenvalue weighted by Crippen LogP contribution is 2.27. The van der Waals surface area contributed by atoms with Crippen LogP contribution in [0.5, 0.6) is 5.75 Å². The molecule has 0 amide bonds. The van der Waals surface area contributed by atoms with Crippen molar-refractivity contribution in [2.45, 2.75) is 20.1 Å². The predicted octanol–water partition coefficient (Wildman–Crippen LogP) is 5.93. The van der Waals surface area contributed by atoms with Gasteiger partial charge in [0, 0.05) is 28.8 Å².